The Labute approximate surface area is 125 Å². The molecule has 3 aromatic rings. The average Bonchev–Trinajstić information content (AvgIpc) is 3.02. The maximum atomic E-state index is 5.62. The van der Waals surface area contributed by atoms with Crippen molar-refractivity contribution in [2.75, 3.05) is 0 Å². The van der Waals surface area contributed by atoms with Crippen molar-refractivity contribution in [3.63, 3.8) is 0 Å². The Balaban J connectivity index is 1.75. The molecule has 0 aliphatic heterocycles. The molecule has 0 radical (unpaired) electrons. The van der Waals surface area contributed by atoms with Gasteiger partial charge in [-0.2, -0.15) is 0 Å². The summed E-state index contributed by atoms with van der Waals surface area (Å²) in [5.41, 5.74) is 1.92. The summed E-state index contributed by atoms with van der Waals surface area (Å²) < 4.78 is 8.43. The van der Waals surface area contributed by atoms with Crippen LogP contribution in [0.15, 0.2) is 39.7 Å². The SMILES string of the molecule is Cc1ccc(C(C)NCc2cnc3cnc(Br)cn23)o1. The maximum Gasteiger partial charge on any atom is 0.155 e. The van der Waals surface area contributed by atoms with E-state index in [1.54, 1.807) is 6.20 Å². The summed E-state index contributed by atoms with van der Waals surface area (Å²) in [5, 5.41) is 3.44. The highest BCUT2D eigenvalue weighted by molar-refractivity contribution is 9.10. The van der Waals surface area contributed by atoms with Gasteiger partial charge in [-0.3, -0.25) is 4.40 Å². The number of hydrogen-bond donors (Lipinski definition) is 1. The Bertz CT molecular complexity index is 734. The number of hydrogen-bond acceptors (Lipinski definition) is 4. The average molecular weight is 335 g/mol. The Morgan fingerprint density at radius 3 is 2.95 bits per heavy atom. The lowest BCUT2D eigenvalue weighted by atomic mass is 10.2. The van der Waals surface area contributed by atoms with Gasteiger partial charge in [0.25, 0.3) is 0 Å². The number of furan rings is 1. The molecule has 3 heterocycles. The molecule has 0 amide bonds. The van der Waals surface area contributed by atoms with Crippen LogP contribution in [0.2, 0.25) is 0 Å². The monoisotopic (exact) mass is 334 g/mol. The zero-order chi connectivity index (χ0) is 14.1. The highest BCUT2D eigenvalue weighted by Gasteiger charge is 2.10. The molecule has 0 saturated heterocycles. The summed E-state index contributed by atoms with van der Waals surface area (Å²) in [6, 6.07) is 4.13. The van der Waals surface area contributed by atoms with Crippen LogP contribution >= 0.6 is 15.9 Å². The molecular formula is C14H15BrN4O. The van der Waals surface area contributed by atoms with E-state index >= 15 is 0 Å². The quantitative estimate of drug-likeness (QED) is 0.795. The van der Waals surface area contributed by atoms with Gasteiger partial charge in [0.2, 0.25) is 0 Å². The summed E-state index contributed by atoms with van der Waals surface area (Å²) in [7, 11) is 0. The molecular weight excluding hydrogens is 320 g/mol. The molecule has 3 aromatic heterocycles. The van der Waals surface area contributed by atoms with Gasteiger partial charge in [-0.15, -0.1) is 0 Å². The van der Waals surface area contributed by atoms with Crippen molar-refractivity contribution in [1.29, 1.82) is 0 Å². The predicted octanol–water partition coefficient (Wildman–Crippen LogP) is 3.24. The van der Waals surface area contributed by atoms with Crippen molar-refractivity contribution in [1.82, 2.24) is 19.7 Å². The Kier molecular flexibility index (Phi) is 3.58. The zero-order valence-electron chi connectivity index (χ0n) is 11.3. The Hall–Kier alpha value is -1.66. The third-order valence-corrected chi connectivity index (χ3v) is 3.63. The number of rotatable bonds is 4. The minimum absolute atomic E-state index is 0.152. The number of imidazole rings is 1. The van der Waals surface area contributed by atoms with E-state index in [9.17, 15) is 0 Å². The van der Waals surface area contributed by atoms with Crippen LogP contribution in [0.4, 0.5) is 0 Å². The first-order chi connectivity index (χ1) is 9.63. The molecule has 6 heteroatoms. The number of aromatic nitrogens is 3. The van der Waals surface area contributed by atoms with E-state index in [1.165, 1.54) is 0 Å². The van der Waals surface area contributed by atoms with Gasteiger partial charge in [0.1, 0.15) is 16.1 Å². The number of nitrogens with zero attached hydrogens (tertiary/aromatic N) is 3. The molecule has 0 saturated carbocycles. The lowest BCUT2D eigenvalue weighted by molar-refractivity contribution is 0.414. The van der Waals surface area contributed by atoms with Crippen molar-refractivity contribution >= 4 is 21.6 Å². The molecule has 1 unspecified atom stereocenters. The summed E-state index contributed by atoms with van der Waals surface area (Å²) in [6.07, 6.45) is 5.52. The highest BCUT2D eigenvalue weighted by atomic mass is 79.9. The standard InChI is InChI=1S/C14H15BrN4O/c1-9-3-4-12(20-9)10(2)16-5-11-6-18-14-7-17-13(15)8-19(11)14/h3-4,6-8,10,16H,5H2,1-2H3. The van der Waals surface area contributed by atoms with E-state index in [4.69, 9.17) is 4.42 Å². The third-order valence-electron chi connectivity index (χ3n) is 3.22. The molecule has 0 spiro atoms. The Morgan fingerprint density at radius 1 is 1.35 bits per heavy atom. The van der Waals surface area contributed by atoms with Crippen LogP contribution in [0, 0.1) is 6.92 Å². The van der Waals surface area contributed by atoms with Gasteiger partial charge in [-0.25, -0.2) is 9.97 Å². The first kappa shape index (κ1) is 13.3. The molecule has 3 rings (SSSR count). The molecule has 104 valence electrons. The molecule has 20 heavy (non-hydrogen) atoms. The number of nitrogens with one attached hydrogen (secondary N) is 1. The van der Waals surface area contributed by atoms with Crippen LogP contribution in [0.1, 0.15) is 30.2 Å². The van der Waals surface area contributed by atoms with E-state index in [-0.39, 0.29) is 6.04 Å². The lowest BCUT2D eigenvalue weighted by Crippen LogP contribution is -2.18. The van der Waals surface area contributed by atoms with Crippen molar-refractivity contribution in [3.05, 3.63) is 52.5 Å². The molecule has 0 aliphatic carbocycles. The minimum Gasteiger partial charge on any atom is -0.465 e. The van der Waals surface area contributed by atoms with Crippen LogP contribution in [-0.4, -0.2) is 14.4 Å². The first-order valence-electron chi connectivity index (χ1n) is 6.40. The van der Waals surface area contributed by atoms with Gasteiger partial charge in [-0.1, -0.05) is 0 Å². The summed E-state index contributed by atoms with van der Waals surface area (Å²) in [4.78, 5) is 8.49. The summed E-state index contributed by atoms with van der Waals surface area (Å²) >= 11 is 3.38. The molecule has 0 aromatic carbocycles. The van der Waals surface area contributed by atoms with Gasteiger partial charge >= 0.3 is 0 Å². The first-order valence-corrected chi connectivity index (χ1v) is 7.20. The molecule has 5 nitrogen and oxygen atoms in total. The molecule has 0 bridgehead atoms. The fourth-order valence-corrected chi connectivity index (χ4v) is 2.40. The van der Waals surface area contributed by atoms with Crippen LogP contribution < -0.4 is 5.32 Å². The maximum absolute atomic E-state index is 5.62. The normalized spacial score (nSPS) is 12.9. The van der Waals surface area contributed by atoms with Gasteiger partial charge in [0, 0.05) is 12.7 Å². The molecule has 1 N–H and O–H groups in total. The smallest absolute Gasteiger partial charge is 0.155 e. The van der Waals surface area contributed by atoms with E-state index in [2.05, 4.69) is 38.1 Å². The van der Waals surface area contributed by atoms with Crippen LogP contribution in [0.5, 0.6) is 0 Å². The van der Waals surface area contributed by atoms with Crippen LogP contribution in [0.3, 0.4) is 0 Å². The minimum atomic E-state index is 0.152. The van der Waals surface area contributed by atoms with Crippen molar-refractivity contribution < 1.29 is 4.42 Å². The fraction of sp³-hybridized carbons (Fsp3) is 0.286. The van der Waals surface area contributed by atoms with E-state index in [0.29, 0.717) is 6.54 Å². The van der Waals surface area contributed by atoms with E-state index in [0.717, 1.165) is 27.5 Å². The zero-order valence-corrected chi connectivity index (χ0v) is 12.9. The highest BCUT2D eigenvalue weighted by Crippen LogP contribution is 2.17. The van der Waals surface area contributed by atoms with Gasteiger partial charge in [0.15, 0.2) is 5.65 Å². The van der Waals surface area contributed by atoms with Crippen molar-refractivity contribution in [2.45, 2.75) is 26.4 Å². The second-order valence-electron chi connectivity index (χ2n) is 4.74. The fourth-order valence-electron chi connectivity index (χ4n) is 2.09. The van der Waals surface area contributed by atoms with E-state index in [1.807, 2.05) is 35.9 Å². The van der Waals surface area contributed by atoms with Crippen molar-refractivity contribution in [2.24, 2.45) is 0 Å². The topological polar surface area (TPSA) is 55.4 Å². The van der Waals surface area contributed by atoms with Crippen LogP contribution in [0.25, 0.3) is 5.65 Å². The van der Waals surface area contributed by atoms with Gasteiger partial charge in [0.05, 0.1) is 24.1 Å². The van der Waals surface area contributed by atoms with Gasteiger partial charge < -0.3 is 9.73 Å². The number of aryl methyl sites for hydroxylation is 1. The van der Waals surface area contributed by atoms with Crippen LogP contribution in [-0.2, 0) is 6.54 Å². The summed E-state index contributed by atoms with van der Waals surface area (Å²) in [5.74, 6) is 1.87. The summed E-state index contributed by atoms with van der Waals surface area (Å²) in [6.45, 7) is 4.74. The number of halogens is 1. The largest absolute Gasteiger partial charge is 0.465 e. The third kappa shape index (κ3) is 2.62. The lowest BCUT2D eigenvalue weighted by Gasteiger charge is -2.11. The predicted molar refractivity (Wildman–Crippen MR) is 79.4 cm³/mol. The van der Waals surface area contributed by atoms with E-state index < -0.39 is 0 Å². The second kappa shape index (κ2) is 5.38. The molecule has 0 aliphatic rings. The Morgan fingerprint density at radius 2 is 2.20 bits per heavy atom. The van der Waals surface area contributed by atoms with Crippen molar-refractivity contribution in [3.8, 4) is 0 Å². The number of fused-ring (bicyclic) bond motifs is 1. The molecule has 0 fully saturated rings. The molecule has 1 atom stereocenters. The van der Waals surface area contributed by atoms with Gasteiger partial charge in [-0.05, 0) is 41.9 Å². The second-order valence-corrected chi connectivity index (χ2v) is 5.55.